The lowest BCUT2D eigenvalue weighted by molar-refractivity contribution is 0.0877. The molecule has 182 valence electrons. The number of aromatic nitrogens is 1. The Balaban J connectivity index is 1.32. The summed E-state index contributed by atoms with van der Waals surface area (Å²) in [7, 11) is 3.62. The molecule has 6 nitrogen and oxygen atoms in total. The third kappa shape index (κ3) is 3.74. The first-order valence-electron chi connectivity index (χ1n) is 11.8. The summed E-state index contributed by atoms with van der Waals surface area (Å²) < 4.78 is 19.7. The molecule has 0 radical (unpaired) electrons. The Morgan fingerprint density at radius 2 is 1.97 bits per heavy atom. The third-order valence-electron chi connectivity index (χ3n) is 6.87. The Labute approximate surface area is 214 Å². The number of hydrogen-bond acceptors (Lipinski definition) is 5. The molecular weight excluding hydrogens is 476 g/mol. The number of carbonyl (C=O) groups excluding carboxylic acids is 1. The van der Waals surface area contributed by atoms with Gasteiger partial charge < -0.3 is 18.8 Å². The molecule has 3 heterocycles. The number of nitrogens with zero attached hydrogens (tertiary/aromatic N) is 2. The molecule has 3 aromatic carbocycles. The predicted molar refractivity (Wildman–Crippen MR) is 140 cm³/mol. The Hall–Kier alpha value is -3.74. The monoisotopic (exact) mass is 500 g/mol. The van der Waals surface area contributed by atoms with Crippen LogP contribution in [0, 0.1) is 6.92 Å². The van der Waals surface area contributed by atoms with E-state index in [1.165, 1.54) is 0 Å². The normalized spacial score (nSPS) is 16.1. The van der Waals surface area contributed by atoms with E-state index in [1.54, 1.807) is 7.11 Å². The van der Waals surface area contributed by atoms with Crippen molar-refractivity contribution in [3.63, 3.8) is 0 Å². The lowest BCUT2D eigenvalue weighted by Gasteiger charge is -2.30. The second kappa shape index (κ2) is 8.73. The highest BCUT2D eigenvalue weighted by Crippen LogP contribution is 2.43. The molecule has 0 amide bonds. The van der Waals surface area contributed by atoms with E-state index in [4.69, 9.17) is 25.8 Å². The van der Waals surface area contributed by atoms with Gasteiger partial charge >= 0.3 is 0 Å². The Kier molecular flexibility index (Phi) is 5.51. The molecule has 0 fully saturated rings. The van der Waals surface area contributed by atoms with Crippen molar-refractivity contribution in [3.05, 3.63) is 93.3 Å². The average Bonchev–Trinajstić information content (AvgIpc) is 3.36. The standard InChI is InChI=1S/C29H25ClN2O4/c1-17-28-20(15-32(16-35-28)14-18-6-4-5-7-24(18)30)10-23-27(33)26(36-29(17)23)11-19-13-31(2)25-9-8-21(34-3)12-22(19)25/h4-13H,14-16H2,1-3H3/b26-11-. The predicted octanol–water partition coefficient (Wildman–Crippen LogP) is 6.12. The number of benzene rings is 3. The minimum Gasteiger partial charge on any atom is -0.497 e. The molecular formula is C29H25ClN2O4. The second-order valence-electron chi connectivity index (χ2n) is 9.24. The van der Waals surface area contributed by atoms with Gasteiger partial charge in [-0.1, -0.05) is 29.8 Å². The number of allylic oxidation sites excluding steroid dienone is 1. The number of hydrogen-bond donors (Lipinski definition) is 0. The van der Waals surface area contributed by atoms with Crippen LogP contribution in [-0.4, -0.2) is 29.1 Å². The van der Waals surface area contributed by atoms with Gasteiger partial charge in [0.1, 0.15) is 24.0 Å². The van der Waals surface area contributed by atoms with E-state index in [2.05, 4.69) is 4.90 Å². The van der Waals surface area contributed by atoms with Crippen LogP contribution in [0.3, 0.4) is 0 Å². The first-order valence-corrected chi connectivity index (χ1v) is 12.1. The molecule has 0 N–H and O–H groups in total. The van der Waals surface area contributed by atoms with Crippen molar-refractivity contribution in [2.45, 2.75) is 20.0 Å². The van der Waals surface area contributed by atoms with Crippen molar-refractivity contribution in [3.8, 4) is 17.2 Å². The smallest absolute Gasteiger partial charge is 0.231 e. The van der Waals surface area contributed by atoms with Crippen molar-refractivity contribution >= 4 is 34.4 Å². The van der Waals surface area contributed by atoms with E-state index in [1.807, 2.05) is 79.3 Å². The van der Waals surface area contributed by atoms with E-state index >= 15 is 0 Å². The lowest BCUT2D eigenvalue weighted by Crippen LogP contribution is -2.32. The van der Waals surface area contributed by atoms with Gasteiger partial charge in [0, 0.05) is 58.9 Å². The molecule has 1 aromatic heterocycles. The van der Waals surface area contributed by atoms with Gasteiger partial charge in [-0.15, -0.1) is 0 Å². The molecule has 2 aliphatic rings. The minimum atomic E-state index is -0.126. The maximum absolute atomic E-state index is 13.4. The van der Waals surface area contributed by atoms with Crippen LogP contribution in [0.2, 0.25) is 5.02 Å². The molecule has 6 rings (SSSR count). The van der Waals surface area contributed by atoms with E-state index in [-0.39, 0.29) is 5.78 Å². The molecule has 4 aromatic rings. The molecule has 0 spiro atoms. The zero-order valence-corrected chi connectivity index (χ0v) is 21.1. The number of methoxy groups -OCH3 is 1. The molecule has 0 aliphatic carbocycles. The van der Waals surface area contributed by atoms with Crippen LogP contribution < -0.4 is 14.2 Å². The van der Waals surface area contributed by atoms with Crippen molar-refractivity contribution in [2.75, 3.05) is 13.8 Å². The fraction of sp³-hybridized carbons (Fsp3) is 0.207. The number of ether oxygens (including phenoxy) is 3. The van der Waals surface area contributed by atoms with Crippen LogP contribution in [0.1, 0.15) is 32.6 Å². The SMILES string of the molecule is COc1ccc2c(c1)c(/C=C1\Oc3c(cc4c(c3C)OCN(Cc3ccccc3Cl)C4)C1=O)cn2C. The van der Waals surface area contributed by atoms with E-state index in [9.17, 15) is 4.79 Å². The summed E-state index contributed by atoms with van der Waals surface area (Å²) in [4.78, 5) is 15.6. The molecule has 36 heavy (non-hydrogen) atoms. The third-order valence-corrected chi connectivity index (χ3v) is 7.24. The van der Waals surface area contributed by atoms with Gasteiger partial charge in [0.25, 0.3) is 0 Å². The fourth-order valence-corrected chi connectivity index (χ4v) is 5.25. The zero-order chi connectivity index (χ0) is 25.0. The van der Waals surface area contributed by atoms with Crippen molar-refractivity contribution < 1.29 is 19.0 Å². The number of carbonyl (C=O) groups is 1. The van der Waals surface area contributed by atoms with Gasteiger partial charge in [-0.3, -0.25) is 9.69 Å². The maximum atomic E-state index is 13.4. The van der Waals surface area contributed by atoms with Gasteiger partial charge in [0.05, 0.1) is 12.7 Å². The molecule has 2 aliphatic heterocycles. The van der Waals surface area contributed by atoms with Crippen LogP contribution in [0.4, 0.5) is 0 Å². The molecule has 0 saturated carbocycles. The quantitative estimate of drug-likeness (QED) is 0.316. The number of fused-ring (bicyclic) bond motifs is 3. The maximum Gasteiger partial charge on any atom is 0.231 e. The number of ketones is 1. The van der Waals surface area contributed by atoms with Gasteiger partial charge in [0.2, 0.25) is 5.78 Å². The second-order valence-corrected chi connectivity index (χ2v) is 9.64. The van der Waals surface area contributed by atoms with Crippen LogP contribution in [-0.2, 0) is 20.1 Å². The van der Waals surface area contributed by atoms with Crippen molar-refractivity contribution in [1.82, 2.24) is 9.47 Å². The molecule has 0 bridgehead atoms. The van der Waals surface area contributed by atoms with Crippen LogP contribution in [0.25, 0.3) is 17.0 Å². The van der Waals surface area contributed by atoms with Crippen LogP contribution in [0.15, 0.2) is 60.5 Å². The Bertz CT molecular complexity index is 1570. The summed E-state index contributed by atoms with van der Waals surface area (Å²) in [5, 5.41) is 1.73. The molecule has 0 saturated heterocycles. The van der Waals surface area contributed by atoms with E-state index in [0.29, 0.717) is 36.9 Å². The highest BCUT2D eigenvalue weighted by Gasteiger charge is 2.34. The summed E-state index contributed by atoms with van der Waals surface area (Å²) in [6.07, 6.45) is 3.80. The van der Waals surface area contributed by atoms with Crippen LogP contribution >= 0.6 is 11.6 Å². The van der Waals surface area contributed by atoms with E-state index in [0.717, 1.165) is 49.7 Å². The summed E-state index contributed by atoms with van der Waals surface area (Å²) in [6, 6.07) is 15.6. The highest BCUT2D eigenvalue weighted by molar-refractivity contribution is 6.31. The summed E-state index contributed by atoms with van der Waals surface area (Å²) in [5.41, 5.74) is 5.37. The number of Topliss-reactive ketones (excluding diaryl/α,β-unsaturated/α-hetero) is 1. The number of rotatable bonds is 4. The number of aryl methyl sites for hydroxylation is 1. The van der Waals surface area contributed by atoms with E-state index < -0.39 is 0 Å². The lowest BCUT2D eigenvalue weighted by atomic mass is 9.99. The largest absolute Gasteiger partial charge is 0.497 e. The topological polar surface area (TPSA) is 52.9 Å². The molecule has 7 heteroatoms. The first kappa shape index (κ1) is 22.7. The fourth-order valence-electron chi connectivity index (χ4n) is 5.05. The summed E-state index contributed by atoms with van der Waals surface area (Å²) in [5.74, 6) is 2.30. The Morgan fingerprint density at radius 1 is 1.14 bits per heavy atom. The van der Waals surface area contributed by atoms with Crippen molar-refractivity contribution in [1.29, 1.82) is 0 Å². The highest BCUT2D eigenvalue weighted by atomic mass is 35.5. The summed E-state index contributed by atoms with van der Waals surface area (Å²) in [6.45, 7) is 3.70. The average molecular weight is 501 g/mol. The molecule has 0 atom stereocenters. The van der Waals surface area contributed by atoms with Gasteiger partial charge in [-0.25, -0.2) is 0 Å². The minimum absolute atomic E-state index is 0.126. The number of halogens is 1. The van der Waals surface area contributed by atoms with Gasteiger partial charge in [0.15, 0.2) is 5.76 Å². The summed E-state index contributed by atoms with van der Waals surface area (Å²) >= 11 is 6.36. The zero-order valence-electron chi connectivity index (χ0n) is 20.3. The first-order chi connectivity index (χ1) is 17.4. The van der Waals surface area contributed by atoms with Crippen molar-refractivity contribution in [2.24, 2.45) is 7.05 Å². The Morgan fingerprint density at radius 3 is 2.78 bits per heavy atom. The van der Waals surface area contributed by atoms with Crippen LogP contribution in [0.5, 0.6) is 17.2 Å². The molecule has 0 unspecified atom stereocenters. The van der Waals surface area contributed by atoms with Gasteiger partial charge in [-0.2, -0.15) is 0 Å². The van der Waals surface area contributed by atoms with Gasteiger partial charge in [-0.05, 0) is 48.9 Å².